The first-order chi connectivity index (χ1) is 9.96. The topological polar surface area (TPSA) is 21.3 Å². The maximum absolute atomic E-state index is 14.0. The Morgan fingerprint density at radius 3 is 2.71 bits per heavy atom. The molecular formula is C17H22FNOS. The van der Waals surface area contributed by atoms with Gasteiger partial charge in [-0.15, -0.1) is 0 Å². The van der Waals surface area contributed by atoms with Gasteiger partial charge in [-0.05, 0) is 49.2 Å². The van der Waals surface area contributed by atoms with Crippen LogP contribution in [0.1, 0.15) is 31.9 Å². The second-order valence-corrected chi connectivity index (χ2v) is 6.84. The fraction of sp³-hybridized carbons (Fsp3) is 0.412. The smallest absolute Gasteiger partial charge is 0.165 e. The number of hydrogen-bond donors (Lipinski definition) is 1. The zero-order valence-corrected chi connectivity index (χ0v) is 13.6. The summed E-state index contributed by atoms with van der Waals surface area (Å²) in [4.78, 5) is 0. The summed E-state index contributed by atoms with van der Waals surface area (Å²) in [5.41, 5.74) is 2.07. The van der Waals surface area contributed by atoms with Gasteiger partial charge in [-0.3, -0.25) is 0 Å². The highest BCUT2D eigenvalue weighted by Crippen LogP contribution is 2.23. The van der Waals surface area contributed by atoms with E-state index in [0.717, 1.165) is 12.0 Å². The maximum Gasteiger partial charge on any atom is 0.165 e. The van der Waals surface area contributed by atoms with Crippen LogP contribution in [0.25, 0.3) is 0 Å². The average Bonchev–Trinajstić information content (AvgIpc) is 2.91. The van der Waals surface area contributed by atoms with Crippen LogP contribution in [-0.4, -0.2) is 12.1 Å². The van der Waals surface area contributed by atoms with Crippen LogP contribution >= 0.6 is 11.3 Å². The van der Waals surface area contributed by atoms with E-state index in [9.17, 15) is 4.39 Å². The van der Waals surface area contributed by atoms with Crippen LogP contribution in [0, 0.1) is 5.82 Å². The van der Waals surface area contributed by atoms with Gasteiger partial charge in [-0.2, -0.15) is 11.3 Å². The van der Waals surface area contributed by atoms with E-state index in [0.29, 0.717) is 18.9 Å². The van der Waals surface area contributed by atoms with Crippen LogP contribution in [0.2, 0.25) is 0 Å². The van der Waals surface area contributed by atoms with Gasteiger partial charge in [-0.25, -0.2) is 4.39 Å². The highest BCUT2D eigenvalue weighted by molar-refractivity contribution is 7.07. The van der Waals surface area contributed by atoms with Crippen molar-refractivity contribution in [1.29, 1.82) is 0 Å². The number of nitrogens with one attached hydrogen (secondary N) is 1. The third kappa shape index (κ3) is 5.14. The fourth-order valence-corrected chi connectivity index (χ4v) is 2.62. The van der Waals surface area contributed by atoms with E-state index in [2.05, 4.69) is 37.5 Å². The second kappa shape index (κ2) is 7.05. The number of halogens is 1. The first-order valence-corrected chi connectivity index (χ1v) is 8.06. The molecular weight excluding hydrogens is 285 g/mol. The molecule has 114 valence electrons. The van der Waals surface area contributed by atoms with Gasteiger partial charge in [0, 0.05) is 24.1 Å². The van der Waals surface area contributed by atoms with E-state index in [1.165, 1.54) is 11.6 Å². The summed E-state index contributed by atoms with van der Waals surface area (Å²) < 4.78 is 19.7. The van der Waals surface area contributed by atoms with Crippen molar-refractivity contribution in [3.05, 3.63) is 52.0 Å². The second-order valence-electron chi connectivity index (χ2n) is 6.06. The molecule has 0 atom stereocenters. The van der Waals surface area contributed by atoms with Gasteiger partial charge < -0.3 is 10.1 Å². The number of para-hydroxylation sites is 1. The Hall–Kier alpha value is -1.39. The quantitative estimate of drug-likeness (QED) is 0.854. The van der Waals surface area contributed by atoms with E-state index in [1.807, 2.05) is 11.4 Å². The third-order valence-electron chi connectivity index (χ3n) is 3.07. The standard InChI is InChI=1S/C17H22FNOS/c1-17(2,3)19-11-14-5-4-6-15(18)16(14)20-9-7-13-8-10-21-12-13/h4-6,8,10,12,19H,7,9,11H2,1-3H3. The van der Waals surface area contributed by atoms with Crippen molar-refractivity contribution in [1.82, 2.24) is 5.32 Å². The Morgan fingerprint density at radius 2 is 2.05 bits per heavy atom. The van der Waals surface area contributed by atoms with Crippen molar-refractivity contribution in [3.8, 4) is 5.75 Å². The van der Waals surface area contributed by atoms with Crippen molar-refractivity contribution in [2.45, 2.75) is 39.3 Å². The lowest BCUT2D eigenvalue weighted by Crippen LogP contribution is -2.35. The summed E-state index contributed by atoms with van der Waals surface area (Å²) >= 11 is 1.66. The molecule has 0 saturated heterocycles. The molecule has 0 aliphatic rings. The minimum Gasteiger partial charge on any atom is -0.490 e. The molecule has 0 aliphatic carbocycles. The Labute approximate surface area is 130 Å². The molecule has 1 N–H and O–H groups in total. The summed E-state index contributed by atoms with van der Waals surface area (Å²) in [7, 11) is 0. The van der Waals surface area contributed by atoms with Crippen molar-refractivity contribution in [2.75, 3.05) is 6.61 Å². The number of benzene rings is 1. The molecule has 1 aromatic carbocycles. The molecule has 0 aliphatic heterocycles. The SMILES string of the molecule is CC(C)(C)NCc1cccc(F)c1OCCc1ccsc1. The van der Waals surface area contributed by atoms with Crippen LogP contribution in [0.4, 0.5) is 4.39 Å². The van der Waals surface area contributed by atoms with Gasteiger partial charge in [0.25, 0.3) is 0 Å². The number of rotatable bonds is 6. The van der Waals surface area contributed by atoms with Gasteiger partial charge in [0.1, 0.15) is 0 Å². The molecule has 0 radical (unpaired) electrons. The van der Waals surface area contributed by atoms with Crippen LogP contribution in [0.3, 0.4) is 0 Å². The average molecular weight is 307 g/mol. The van der Waals surface area contributed by atoms with Crippen molar-refractivity contribution in [2.24, 2.45) is 0 Å². The van der Waals surface area contributed by atoms with E-state index >= 15 is 0 Å². The Morgan fingerprint density at radius 1 is 1.24 bits per heavy atom. The third-order valence-corrected chi connectivity index (χ3v) is 3.81. The molecule has 2 nitrogen and oxygen atoms in total. The normalized spacial score (nSPS) is 11.6. The molecule has 0 saturated carbocycles. The van der Waals surface area contributed by atoms with Crippen LogP contribution in [0.5, 0.6) is 5.75 Å². The zero-order valence-electron chi connectivity index (χ0n) is 12.8. The molecule has 0 unspecified atom stereocenters. The maximum atomic E-state index is 14.0. The van der Waals surface area contributed by atoms with Gasteiger partial charge >= 0.3 is 0 Å². The zero-order chi connectivity index (χ0) is 15.3. The van der Waals surface area contributed by atoms with Crippen LogP contribution in [0.15, 0.2) is 35.0 Å². The Kier molecular flexibility index (Phi) is 5.37. The molecule has 1 heterocycles. The molecule has 0 amide bonds. The lowest BCUT2D eigenvalue weighted by Gasteiger charge is -2.21. The highest BCUT2D eigenvalue weighted by atomic mass is 32.1. The minimum absolute atomic E-state index is 0.0136. The Bertz CT molecular complexity index is 561. The molecule has 1 aromatic heterocycles. The molecule has 2 aromatic rings. The van der Waals surface area contributed by atoms with E-state index < -0.39 is 0 Å². The molecule has 0 bridgehead atoms. The van der Waals surface area contributed by atoms with Gasteiger partial charge in [0.15, 0.2) is 11.6 Å². The summed E-state index contributed by atoms with van der Waals surface area (Å²) in [5.74, 6) is 0.0676. The summed E-state index contributed by atoms with van der Waals surface area (Å²) in [5, 5.41) is 7.49. The highest BCUT2D eigenvalue weighted by Gasteiger charge is 2.13. The Balaban J connectivity index is 1.99. The van der Waals surface area contributed by atoms with Crippen molar-refractivity contribution in [3.63, 3.8) is 0 Å². The van der Waals surface area contributed by atoms with E-state index in [4.69, 9.17) is 4.74 Å². The molecule has 0 fully saturated rings. The van der Waals surface area contributed by atoms with Crippen molar-refractivity contribution >= 4 is 11.3 Å². The lowest BCUT2D eigenvalue weighted by atomic mass is 10.1. The summed E-state index contributed by atoms with van der Waals surface area (Å²) in [6.45, 7) is 7.34. The number of thiophene rings is 1. The fourth-order valence-electron chi connectivity index (χ4n) is 1.92. The van der Waals surface area contributed by atoms with Gasteiger partial charge in [-0.1, -0.05) is 12.1 Å². The lowest BCUT2D eigenvalue weighted by molar-refractivity contribution is 0.299. The number of hydrogen-bond acceptors (Lipinski definition) is 3. The minimum atomic E-state index is -0.298. The van der Waals surface area contributed by atoms with Crippen LogP contribution in [-0.2, 0) is 13.0 Å². The predicted octanol–water partition coefficient (Wildman–Crippen LogP) is 4.40. The first kappa shape index (κ1) is 16.0. The van der Waals surface area contributed by atoms with Crippen molar-refractivity contribution < 1.29 is 9.13 Å². The summed E-state index contributed by atoms with van der Waals surface area (Å²) in [6.07, 6.45) is 0.796. The molecule has 0 spiro atoms. The molecule has 2 rings (SSSR count). The monoisotopic (exact) mass is 307 g/mol. The summed E-state index contributed by atoms with van der Waals surface area (Å²) in [6, 6.07) is 7.14. The molecule has 21 heavy (non-hydrogen) atoms. The first-order valence-electron chi connectivity index (χ1n) is 7.12. The molecule has 4 heteroatoms. The predicted molar refractivity (Wildman–Crippen MR) is 86.5 cm³/mol. The van der Waals surface area contributed by atoms with E-state index in [-0.39, 0.29) is 11.4 Å². The van der Waals surface area contributed by atoms with Crippen LogP contribution < -0.4 is 10.1 Å². The van der Waals surface area contributed by atoms with Gasteiger partial charge in [0.2, 0.25) is 0 Å². The number of ether oxygens (including phenoxy) is 1. The van der Waals surface area contributed by atoms with Gasteiger partial charge in [0.05, 0.1) is 6.61 Å². The van der Waals surface area contributed by atoms with E-state index in [1.54, 1.807) is 17.4 Å². The largest absolute Gasteiger partial charge is 0.490 e.